The van der Waals surface area contributed by atoms with Crippen LogP contribution in [0.15, 0.2) is 122 Å². The van der Waals surface area contributed by atoms with Gasteiger partial charge in [0.2, 0.25) is 0 Å². The van der Waals surface area contributed by atoms with Crippen LogP contribution in [0, 0.1) is 0 Å². The number of allylic oxidation sites excluding steroid dienone is 20. The van der Waals surface area contributed by atoms with Crippen LogP contribution in [0.5, 0.6) is 0 Å². The van der Waals surface area contributed by atoms with E-state index in [1.165, 1.54) is 141 Å². The minimum Gasteiger partial charge on any atom is -0.462 e. The molecule has 0 fully saturated rings. The first-order valence-electron chi connectivity index (χ1n) is 34.3. The van der Waals surface area contributed by atoms with E-state index in [9.17, 15) is 19.0 Å². The number of ether oxygens (including phenoxy) is 2. The smallest absolute Gasteiger partial charge is 0.462 e. The molecule has 10 heteroatoms. The molecule has 0 radical (unpaired) electrons. The highest BCUT2D eigenvalue weighted by Crippen LogP contribution is 2.43. The lowest BCUT2D eigenvalue weighted by atomic mass is 10.0. The van der Waals surface area contributed by atoms with Crippen LogP contribution in [0.4, 0.5) is 0 Å². The zero-order valence-corrected chi connectivity index (χ0v) is 55.7. The van der Waals surface area contributed by atoms with Crippen LogP contribution in [0.1, 0.15) is 284 Å². The lowest BCUT2D eigenvalue weighted by Gasteiger charge is -2.24. The van der Waals surface area contributed by atoms with Gasteiger partial charge in [-0.2, -0.15) is 0 Å². The fourth-order valence-electron chi connectivity index (χ4n) is 9.31. The van der Waals surface area contributed by atoms with E-state index in [0.29, 0.717) is 17.4 Å². The zero-order chi connectivity index (χ0) is 61.2. The molecule has 0 aliphatic carbocycles. The van der Waals surface area contributed by atoms with E-state index < -0.39 is 26.5 Å². The molecule has 2 atom stereocenters. The molecule has 0 rings (SSSR count). The van der Waals surface area contributed by atoms with Crippen molar-refractivity contribution in [1.29, 1.82) is 0 Å². The molecule has 0 aromatic rings. The van der Waals surface area contributed by atoms with Crippen molar-refractivity contribution >= 4 is 19.8 Å². The first kappa shape index (κ1) is 80.4. The standard InChI is InChI=1S/C74H128NO8P/c1-6-8-10-12-14-16-18-20-22-24-26-28-30-32-33-34-35-36-37-38-39-40-41-43-45-47-49-51-53-55-57-59-61-63-65-67-74(77)83-72(71-82-84(78,79)81-69-68-75(3,4)5)70-80-73(76)66-64-62-60-58-56-54-52-50-48-46-44-42-31-29-27-25-23-21-19-17-15-13-11-9-7-2/h8-11,14-17,20-23,26-29,32-33,42,44,72H,6-7,12-13,18-19,24-25,30-31,34-41,43,45-71H2,1-5H3/p+1/b10-8-,11-9-,16-14-,17-15-,22-20-,23-21-,28-26-,29-27-,33-32-,44-42-. The molecule has 9 nitrogen and oxygen atoms in total. The highest BCUT2D eigenvalue weighted by atomic mass is 31.2. The zero-order valence-electron chi connectivity index (χ0n) is 54.9. The number of phosphoric acid groups is 1. The maximum Gasteiger partial charge on any atom is 0.472 e. The number of quaternary nitrogens is 1. The van der Waals surface area contributed by atoms with Crippen LogP contribution in [-0.4, -0.2) is 74.9 Å². The lowest BCUT2D eigenvalue weighted by molar-refractivity contribution is -0.870. The number of carbonyl (C=O) groups is 2. The van der Waals surface area contributed by atoms with Crippen molar-refractivity contribution < 1.29 is 42.1 Å². The van der Waals surface area contributed by atoms with Crippen LogP contribution < -0.4 is 0 Å². The quantitative estimate of drug-likeness (QED) is 0.0211. The summed E-state index contributed by atoms with van der Waals surface area (Å²) in [5.74, 6) is -0.801. The van der Waals surface area contributed by atoms with Crippen molar-refractivity contribution in [2.24, 2.45) is 0 Å². The van der Waals surface area contributed by atoms with E-state index in [4.69, 9.17) is 18.5 Å². The highest BCUT2D eigenvalue weighted by molar-refractivity contribution is 7.47. The molecule has 0 spiro atoms. The average Bonchev–Trinajstić information content (AvgIpc) is 3.61. The summed E-state index contributed by atoms with van der Waals surface area (Å²) in [4.78, 5) is 35.9. The molecule has 0 saturated heterocycles. The summed E-state index contributed by atoms with van der Waals surface area (Å²) >= 11 is 0. The van der Waals surface area contributed by atoms with Gasteiger partial charge < -0.3 is 18.9 Å². The molecule has 0 aliphatic rings. The summed E-state index contributed by atoms with van der Waals surface area (Å²) in [6, 6.07) is 0. The SMILES string of the molecule is CC/C=C\C/C=C\C/C=C\C/C=C\C/C=C\CCCCCCCCCCCCCCCCCCCCCC(=O)OC(COC(=O)CCCCCCCCCCC/C=C\C/C=C\C/C=C\C/C=C\C/C=C\CC)COP(=O)(O)OCC[N+](C)(C)C. The second-order valence-corrected chi connectivity index (χ2v) is 25.3. The number of likely N-dealkylation sites (N-methyl/N-ethyl adjacent to an activating group) is 1. The Hall–Kier alpha value is -3.59. The number of phosphoric ester groups is 1. The number of hydrogen-bond donors (Lipinski definition) is 1. The van der Waals surface area contributed by atoms with Gasteiger partial charge in [-0.1, -0.05) is 289 Å². The molecule has 84 heavy (non-hydrogen) atoms. The van der Waals surface area contributed by atoms with Crippen LogP contribution in [0.3, 0.4) is 0 Å². The van der Waals surface area contributed by atoms with Gasteiger partial charge in [-0.15, -0.1) is 0 Å². The Kier molecular flexibility index (Phi) is 61.2. The van der Waals surface area contributed by atoms with Gasteiger partial charge >= 0.3 is 19.8 Å². The molecule has 0 aliphatic heterocycles. The van der Waals surface area contributed by atoms with Gasteiger partial charge in [0, 0.05) is 12.8 Å². The van der Waals surface area contributed by atoms with Gasteiger partial charge in [0.25, 0.3) is 0 Å². The molecule has 2 unspecified atom stereocenters. The predicted molar refractivity (Wildman–Crippen MR) is 362 cm³/mol. The van der Waals surface area contributed by atoms with Crippen LogP contribution >= 0.6 is 7.82 Å². The molecular weight excluding hydrogens is 1060 g/mol. The Morgan fingerprint density at radius 3 is 0.952 bits per heavy atom. The van der Waals surface area contributed by atoms with Crippen molar-refractivity contribution in [3.63, 3.8) is 0 Å². The minimum absolute atomic E-state index is 0.0267. The third-order valence-corrected chi connectivity index (χ3v) is 15.5. The molecule has 482 valence electrons. The van der Waals surface area contributed by atoms with Gasteiger partial charge in [-0.3, -0.25) is 18.6 Å². The summed E-state index contributed by atoms with van der Waals surface area (Å²) in [5.41, 5.74) is 0. The maximum absolute atomic E-state index is 12.9. The van der Waals surface area contributed by atoms with E-state index in [1.54, 1.807) is 0 Å². The normalized spacial score (nSPS) is 13.9. The average molecular weight is 1190 g/mol. The molecule has 0 bridgehead atoms. The third kappa shape index (κ3) is 67.5. The van der Waals surface area contributed by atoms with Crippen LogP contribution in [-0.2, 0) is 32.7 Å². The second-order valence-electron chi connectivity index (χ2n) is 23.8. The summed E-state index contributed by atoms with van der Waals surface area (Å²) in [6.45, 7) is 4.22. The Bertz CT molecular complexity index is 1830. The van der Waals surface area contributed by atoms with E-state index in [2.05, 4.69) is 135 Å². The number of carbonyl (C=O) groups excluding carboxylic acids is 2. The summed E-state index contributed by atoms with van der Waals surface area (Å²) in [5, 5.41) is 0. The fourth-order valence-corrected chi connectivity index (χ4v) is 10.0. The van der Waals surface area contributed by atoms with Gasteiger partial charge in [-0.05, 0) is 103 Å². The van der Waals surface area contributed by atoms with Crippen molar-refractivity contribution in [1.82, 2.24) is 0 Å². The van der Waals surface area contributed by atoms with E-state index in [-0.39, 0.29) is 32.0 Å². The molecule has 0 saturated carbocycles. The number of esters is 2. The van der Waals surface area contributed by atoms with Gasteiger partial charge in [0.05, 0.1) is 27.7 Å². The van der Waals surface area contributed by atoms with E-state index >= 15 is 0 Å². The Morgan fingerprint density at radius 1 is 0.369 bits per heavy atom. The molecule has 1 N–H and O–H groups in total. The largest absolute Gasteiger partial charge is 0.472 e. The van der Waals surface area contributed by atoms with Crippen molar-refractivity contribution in [3.8, 4) is 0 Å². The van der Waals surface area contributed by atoms with Gasteiger partial charge in [-0.25, -0.2) is 4.57 Å². The Balaban J connectivity index is 4.05. The first-order chi connectivity index (χ1) is 41.0. The minimum atomic E-state index is -4.40. The summed E-state index contributed by atoms with van der Waals surface area (Å²) in [7, 11) is 1.47. The predicted octanol–water partition coefficient (Wildman–Crippen LogP) is 22.3. The second kappa shape index (κ2) is 63.9. The Morgan fingerprint density at radius 2 is 0.643 bits per heavy atom. The number of hydrogen-bond acceptors (Lipinski definition) is 7. The molecule has 0 amide bonds. The van der Waals surface area contributed by atoms with E-state index in [1.807, 2.05) is 21.1 Å². The number of rotatable bonds is 62. The molecule has 0 aromatic heterocycles. The van der Waals surface area contributed by atoms with Crippen molar-refractivity contribution in [2.75, 3.05) is 47.5 Å². The third-order valence-electron chi connectivity index (χ3n) is 14.5. The topological polar surface area (TPSA) is 108 Å². The molecular formula is C74H129NO8P+. The molecule has 0 aromatic carbocycles. The van der Waals surface area contributed by atoms with Crippen LogP contribution in [0.25, 0.3) is 0 Å². The molecule has 0 heterocycles. The summed E-state index contributed by atoms with van der Waals surface area (Å²) in [6.07, 6.45) is 91.5. The number of unbranched alkanes of at least 4 members (excludes halogenated alkanes) is 28. The van der Waals surface area contributed by atoms with Gasteiger partial charge in [0.15, 0.2) is 6.10 Å². The highest BCUT2D eigenvalue weighted by Gasteiger charge is 2.27. The van der Waals surface area contributed by atoms with Crippen molar-refractivity contribution in [3.05, 3.63) is 122 Å². The monoisotopic (exact) mass is 1190 g/mol. The fraction of sp³-hybridized carbons (Fsp3) is 0.703. The lowest BCUT2D eigenvalue weighted by Crippen LogP contribution is -2.37. The van der Waals surface area contributed by atoms with Crippen molar-refractivity contribution in [2.45, 2.75) is 290 Å². The van der Waals surface area contributed by atoms with Crippen LogP contribution in [0.2, 0.25) is 0 Å². The van der Waals surface area contributed by atoms with Gasteiger partial charge in [0.1, 0.15) is 19.8 Å². The maximum atomic E-state index is 12.9. The Labute approximate surface area is 518 Å². The summed E-state index contributed by atoms with van der Waals surface area (Å²) < 4.78 is 34.7. The van der Waals surface area contributed by atoms with E-state index in [0.717, 1.165) is 109 Å². The first-order valence-corrected chi connectivity index (χ1v) is 35.8. The number of nitrogens with zero attached hydrogens (tertiary/aromatic N) is 1.